The van der Waals surface area contributed by atoms with Crippen LogP contribution in [0.2, 0.25) is 0 Å². The van der Waals surface area contributed by atoms with E-state index in [4.69, 9.17) is 4.74 Å². The molecule has 0 N–H and O–H groups in total. The first kappa shape index (κ1) is 12.2. The zero-order valence-corrected chi connectivity index (χ0v) is 9.65. The van der Waals surface area contributed by atoms with Gasteiger partial charge in [0, 0.05) is 6.07 Å². The van der Waals surface area contributed by atoms with Gasteiger partial charge in [-0.1, -0.05) is 11.3 Å². The van der Waals surface area contributed by atoms with Gasteiger partial charge in [-0.2, -0.15) is 0 Å². The monoisotopic (exact) mass is 267 g/mol. The molecule has 0 spiro atoms. The van der Waals surface area contributed by atoms with Gasteiger partial charge in [0.05, 0.1) is 15.9 Å². The third-order valence-corrected chi connectivity index (χ3v) is 2.94. The fourth-order valence-electron chi connectivity index (χ4n) is 1.25. The SMILES string of the molecule is O=Cc1ccc(Oc2ccc([N+](=O)[O-])cc2F)s1. The quantitative estimate of drug-likeness (QED) is 0.483. The van der Waals surface area contributed by atoms with Crippen molar-refractivity contribution < 1.29 is 18.8 Å². The van der Waals surface area contributed by atoms with Gasteiger partial charge in [-0.15, -0.1) is 0 Å². The highest BCUT2D eigenvalue weighted by Gasteiger charge is 2.12. The Balaban J connectivity index is 2.24. The summed E-state index contributed by atoms with van der Waals surface area (Å²) in [5.41, 5.74) is -0.348. The van der Waals surface area contributed by atoms with Gasteiger partial charge in [0.1, 0.15) is 0 Å². The molecule has 2 rings (SSSR count). The summed E-state index contributed by atoms with van der Waals surface area (Å²) < 4.78 is 18.7. The van der Waals surface area contributed by atoms with E-state index in [1.54, 1.807) is 0 Å². The van der Waals surface area contributed by atoms with Gasteiger partial charge in [0.15, 0.2) is 22.9 Å². The minimum Gasteiger partial charge on any atom is -0.444 e. The molecule has 0 aliphatic rings. The van der Waals surface area contributed by atoms with Crippen molar-refractivity contribution in [1.29, 1.82) is 0 Å². The Morgan fingerprint density at radius 1 is 1.33 bits per heavy atom. The molecule has 18 heavy (non-hydrogen) atoms. The molecule has 1 aromatic carbocycles. The van der Waals surface area contributed by atoms with Crippen LogP contribution < -0.4 is 4.74 Å². The topological polar surface area (TPSA) is 69.4 Å². The number of carbonyl (C=O) groups excluding carboxylic acids is 1. The van der Waals surface area contributed by atoms with Gasteiger partial charge < -0.3 is 4.74 Å². The predicted octanol–water partition coefficient (Wildman–Crippen LogP) is 3.40. The Kier molecular flexibility index (Phi) is 3.33. The summed E-state index contributed by atoms with van der Waals surface area (Å²) >= 11 is 1.06. The number of aldehydes is 1. The number of thiophene rings is 1. The third kappa shape index (κ3) is 2.51. The van der Waals surface area contributed by atoms with Crippen LogP contribution in [0.3, 0.4) is 0 Å². The maximum absolute atomic E-state index is 13.5. The molecular formula is C11H6FNO4S. The maximum Gasteiger partial charge on any atom is 0.272 e. The number of hydrogen-bond acceptors (Lipinski definition) is 5. The molecule has 0 atom stereocenters. The van der Waals surface area contributed by atoms with Crippen LogP contribution >= 0.6 is 11.3 Å². The normalized spacial score (nSPS) is 10.1. The zero-order valence-electron chi connectivity index (χ0n) is 8.83. The van der Waals surface area contributed by atoms with E-state index in [1.807, 2.05) is 0 Å². The molecule has 0 aliphatic carbocycles. The van der Waals surface area contributed by atoms with Gasteiger partial charge in [-0.05, 0) is 18.2 Å². The highest BCUT2D eigenvalue weighted by molar-refractivity contribution is 7.15. The number of hydrogen-bond donors (Lipinski definition) is 0. The summed E-state index contributed by atoms with van der Waals surface area (Å²) in [6, 6.07) is 6.16. The van der Waals surface area contributed by atoms with Crippen molar-refractivity contribution in [2.45, 2.75) is 0 Å². The molecule has 0 saturated heterocycles. The Hall–Kier alpha value is -2.28. The van der Waals surface area contributed by atoms with E-state index in [2.05, 4.69) is 0 Å². The van der Waals surface area contributed by atoms with Crippen LogP contribution in [0, 0.1) is 15.9 Å². The molecule has 0 aliphatic heterocycles. The van der Waals surface area contributed by atoms with E-state index in [9.17, 15) is 19.3 Å². The first-order valence-electron chi connectivity index (χ1n) is 4.77. The molecule has 92 valence electrons. The number of nitrogens with zero attached hydrogens (tertiary/aromatic N) is 1. The lowest BCUT2D eigenvalue weighted by Crippen LogP contribution is -1.91. The highest BCUT2D eigenvalue weighted by Crippen LogP contribution is 2.31. The largest absolute Gasteiger partial charge is 0.444 e. The molecule has 2 aromatic rings. The molecule has 0 amide bonds. The fourth-order valence-corrected chi connectivity index (χ4v) is 1.93. The van der Waals surface area contributed by atoms with Crippen LogP contribution in [0.5, 0.6) is 10.8 Å². The molecule has 0 bridgehead atoms. The van der Waals surface area contributed by atoms with Gasteiger partial charge in [-0.25, -0.2) is 4.39 Å². The molecule has 0 unspecified atom stereocenters. The Morgan fingerprint density at radius 3 is 2.67 bits per heavy atom. The van der Waals surface area contributed by atoms with E-state index >= 15 is 0 Å². The summed E-state index contributed by atoms with van der Waals surface area (Å²) in [5.74, 6) is -0.954. The maximum atomic E-state index is 13.5. The van der Waals surface area contributed by atoms with Crippen LogP contribution in [0.15, 0.2) is 30.3 Å². The molecule has 5 nitrogen and oxygen atoms in total. The number of nitro groups is 1. The summed E-state index contributed by atoms with van der Waals surface area (Å²) in [4.78, 5) is 20.7. The summed E-state index contributed by atoms with van der Waals surface area (Å²) in [5, 5.41) is 10.8. The lowest BCUT2D eigenvalue weighted by Gasteiger charge is -2.03. The molecule has 0 radical (unpaired) electrons. The Labute approximate surface area is 105 Å². The van der Waals surface area contributed by atoms with Gasteiger partial charge in [-0.3, -0.25) is 14.9 Å². The number of ether oxygens (including phenoxy) is 1. The second kappa shape index (κ2) is 4.92. The van der Waals surface area contributed by atoms with Crippen LogP contribution in [0.1, 0.15) is 9.67 Å². The number of non-ortho nitro benzene ring substituents is 1. The zero-order chi connectivity index (χ0) is 13.1. The first-order valence-corrected chi connectivity index (χ1v) is 5.58. The minimum atomic E-state index is -0.828. The number of carbonyl (C=O) groups is 1. The summed E-state index contributed by atoms with van der Waals surface area (Å²) in [6.07, 6.45) is 0.656. The van der Waals surface area contributed by atoms with Crippen LogP contribution in [-0.4, -0.2) is 11.2 Å². The van der Waals surface area contributed by atoms with Crippen molar-refractivity contribution in [3.05, 3.63) is 51.1 Å². The Morgan fingerprint density at radius 2 is 2.11 bits per heavy atom. The average Bonchev–Trinajstić information content (AvgIpc) is 2.79. The lowest BCUT2D eigenvalue weighted by molar-refractivity contribution is -0.385. The molecule has 1 heterocycles. The predicted molar refractivity (Wildman–Crippen MR) is 62.8 cm³/mol. The molecule has 0 fully saturated rings. The number of halogens is 1. The van der Waals surface area contributed by atoms with Gasteiger partial charge >= 0.3 is 0 Å². The molecule has 7 heteroatoms. The summed E-state index contributed by atoms with van der Waals surface area (Å²) in [7, 11) is 0. The van der Waals surface area contributed by atoms with Crippen molar-refractivity contribution in [2.75, 3.05) is 0 Å². The minimum absolute atomic E-state index is 0.125. The van der Waals surface area contributed by atoms with Crippen molar-refractivity contribution >= 4 is 23.3 Å². The second-order valence-corrected chi connectivity index (χ2v) is 4.33. The van der Waals surface area contributed by atoms with Gasteiger partial charge in [0.25, 0.3) is 5.69 Å². The highest BCUT2D eigenvalue weighted by atomic mass is 32.1. The van der Waals surface area contributed by atoms with E-state index in [-0.39, 0.29) is 11.4 Å². The van der Waals surface area contributed by atoms with Crippen LogP contribution in [0.25, 0.3) is 0 Å². The average molecular weight is 267 g/mol. The van der Waals surface area contributed by atoms with Crippen molar-refractivity contribution in [3.8, 4) is 10.8 Å². The third-order valence-electron chi connectivity index (χ3n) is 2.06. The van der Waals surface area contributed by atoms with E-state index in [0.717, 1.165) is 23.5 Å². The van der Waals surface area contributed by atoms with Crippen molar-refractivity contribution in [2.24, 2.45) is 0 Å². The first-order chi connectivity index (χ1) is 8.60. The van der Waals surface area contributed by atoms with Crippen molar-refractivity contribution in [3.63, 3.8) is 0 Å². The molecule has 1 aromatic heterocycles. The van der Waals surface area contributed by atoms with Crippen LogP contribution in [-0.2, 0) is 0 Å². The number of benzene rings is 1. The fraction of sp³-hybridized carbons (Fsp3) is 0. The van der Waals surface area contributed by atoms with E-state index < -0.39 is 10.7 Å². The van der Waals surface area contributed by atoms with E-state index in [1.165, 1.54) is 18.2 Å². The smallest absolute Gasteiger partial charge is 0.272 e. The van der Waals surface area contributed by atoms with Crippen molar-refractivity contribution in [1.82, 2.24) is 0 Å². The molecule has 0 saturated carbocycles. The Bertz CT molecular complexity index is 611. The van der Waals surface area contributed by atoms with E-state index in [0.29, 0.717) is 16.2 Å². The van der Waals surface area contributed by atoms with Gasteiger partial charge in [0.2, 0.25) is 0 Å². The second-order valence-electron chi connectivity index (χ2n) is 3.25. The van der Waals surface area contributed by atoms with Crippen LogP contribution in [0.4, 0.5) is 10.1 Å². The number of rotatable bonds is 4. The standard InChI is InChI=1S/C11H6FNO4S/c12-9-5-7(13(15)16)1-3-10(9)17-11-4-2-8(6-14)18-11/h1-6H. The summed E-state index contributed by atoms with van der Waals surface area (Å²) in [6.45, 7) is 0. The molecular weight excluding hydrogens is 261 g/mol. The lowest BCUT2D eigenvalue weighted by atomic mass is 10.3. The number of nitro benzene ring substituents is 1.